The lowest BCUT2D eigenvalue weighted by Gasteiger charge is -2.09. The standard InChI is InChI=1S/C20H19FN4O2/c1-2-18-17(12-22-25(18)13-14-6-4-3-5-7-14)20(27)24-23-19(26)15-8-10-16(21)11-9-15/h3-12H,2,13H2,1H3,(H,23,26)(H,24,27). The van der Waals surface area contributed by atoms with E-state index in [2.05, 4.69) is 16.0 Å². The molecule has 0 atom stereocenters. The molecule has 7 heteroatoms. The van der Waals surface area contributed by atoms with Crippen LogP contribution in [0.4, 0.5) is 4.39 Å². The number of rotatable bonds is 5. The average molecular weight is 366 g/mol. The van der Waals surface area contributed by atoms with Gasteiger partial charge in [-0.05, 0) is 36.2 Å². The molecule has 0 bridgehead atoms. The molecule has 1 aromatic heterocycles. The molecule has 3 aromatic rings. The summed E-state index contributed by atoms with van der Waals surface area (Å²) >= 11 is 0. The highest BCUT2D eigenvalue weighted by molar-refractivity contribution is 5.99. The molecule has 0 fully saturated rings. The minimum atomic E-state index is -0.530. The highest BCUT2D eigenvalue weighted by Gasteiger charge is 2.17. The number of carbonyl (C=O) groups excluding carboxylic acids is 2. The van der Waals surface area contributed by atoms with E-state index in [9.17, 15) is 14.0 Å². The van der Waals surface area contributed by atoms with E-state index in [-0.39, 0.29) is 5.56 Å². The van der Waals surface area contributed by atoms with Crippen molar-refractivity contribution in [3.05, 3.63) is 89.0 Å². The highest BCUT2D eigenvalue weighted by Crippen LogP contribution is 2.12. The summed E-state index contributed by atoms with van der Waals surface area (Å²) in [6.45, 7) is 2.49. The van der Waals surface area contributed by atoms with Gasteiger partial charge in [0.25, 0.3) is 11.8 Å². The second kappa shape index (κ2) is 8.27. The molecule has 0 aliphatic carbocycles. The van der Waals surface area contributed by atoms with E-state index in [1.807, 2.05) is 37.3 Å². The number of carbonyl (C=O) groups is 2. The number of benzene rings is 2. The monoisotopic (exact) mass is 366 g/mol. The number of hydrazine groups is 1. The topological polar surface area (TPSA) is 76.0 Å². The van der Waals surface area contributed by atoms with Crippen LogP contribution in [0.5, 0.6) is 0 Å². The van der Waals surface area contributed by atoms with E-state index < -0.39 is 17.6 Å². The molecule has 0 radical (unpaired) electrons. The molecule has 6 nitrogen and oxygen atoms in total. The summed E-state index contributed by atoms with van der Waals surface area (Å²) in [4.78, 5) is 24.5. The third-order valence-corrected chi connectivity index (χ3v) is 4.10. The van der Waals surface area contributed by atoms with Crippen LogP contribution in [0.3, 0.4) is 0 Å². The van der Waals surface area contributed by atoms with Crippen LogP contribution < -0.4 is 10.9 Å². The van der Waals surface area contributed by atoms with Gasteiger partial charge in [0.05, 0.1) is 24.0 Å². The van der Waals surface area contributed by atoms with E-state index in [1.54, 1.807) is 4.68 Å². The summed E-state index contributed by atoms with van der Waals surface area (Å²) in [6, 6.07) is 14.9. The Morgan fingerprint density at radius 1 is 1.00 bits per heavy atom. The van der Waals surface area contributed by atoms with Crippen molar-refractivity contribution in [2.45, 2.75) is 19.9 Å². The molecule has 2 N–H and O–H groups in total. The lowest BCUT2D eigenvalue weighted by molar-refractivity contribution is 0.0846. The zero-order valence-electron chi connectivity index (χ0n) is 14.8. The van der Waals surface area contributed by atoms with Crippen LogP contribution in [0.15, 0.2) is 60.8 Å². The Morgan fingerprint density at radius 2 is 1.67 bits per heavy atom. The Morgan fingerprint density at radius 3 is 2.33 bits per heavy atom. The fraction of sp³-hybridized carbons (Fsp3) is 0.150. The Bertz CT molecular complexity index is 936. The summed E-state index contributed by atoms with van der Waals surface area (Å²) in [6.07, 6.45) is 2.10. The van der Waals surface area contributed by atoms with Gasteiger partial charge in [-0.3, -0.25) is 25.1 Å². The van der Waals surface area contributed by atoms with Crippen LogP contribution in [0.25, 0.3) is 0 Å². The van der Waals surface area contributed by atoms with Crippen molar-refractivity contribution in [3.63, 3.8) is 0 Å². The average Bonchev–Trinajstić information content (AvgIpc) is 3.09. The summed E-state index contributed by atoms with van der Waals surface area (Å²) in [5.41, 5.74) is 7.19. The quantitative estimate of drug-likeness (QED) is 0.682. The molecule has 2 amide bonds. The number of nitrogens with zero attached hydrogens (tertiary/aromatic N) is 2. The maximum absolute atomic E-state index is 12.9. The van der Waals surface area contributed by atoms with Gasteiger partial charge >= 0.3 is 0 Å². The normalized spacial score (nSPS) is 10.4. The third-order valence-electron chi connectivity index (χ3n) is 4.10. The lowest BCUT2D eigenvalue weighted by Crippen LogP contribution is -2.41. The Hall–Kier alpha value is -3.48. The molecular formula is C20H19FN4O2. The van der Waals surface area contributed by atoms with E-state index in [0.717, 1.165) is 11.3 Å². The van der Waals surface area contributed by atoms with Crippen LogP contribution in [-0.2, 0) is 13.0 Å². The van der Waals surface area contributed by atoms with Gasteiger partial charge in [0.1, 0.15) is 5.82 Å². The molecule has 2 aromatic carbocycles. The maximum Gasteiger partial charge on any atom is 0.273 e. The summed E-state index contributed by atoms with van der Waals surface area (Å²) in [7, 11) is 0. The van der Waals surface area contributed by atoms with Gasteiger partial charge in [0, 0.05) is 5.56 Å². The fourth-order valence-electron chi connectivity index (χ4n) is 2.72. The highest BCUT2D eigenvalue weighted by atomic mass is 19.1. The molecule has 138 valence electrons. The van der Waals surface area contributed by atoms with Crippen molar-refractivity contribution in [1.29, 1.82) is 0 Å². The molecule has 0 spiro atoms. The summed E-state index contributed by atoms with van der Waals surface area (Å²) in [5.74, 6) is -1.42. The smallest absolute Gasteiger partial charge is 0.267 e. The van der Waals surface area contributed by atoms with Crippen LogP contribution in [0, 0.1) is 5.82 Å². The largest absolute Gasteiger partial charge is 0.273 e. The molecule has 1 heterocycles. The molecule has 0 aliphatic heterocycles. The first-order valence-corrected chi connectivity index (χ1v) is 8.53. The van der Waals surface area contributed by atoms with Gasteiger partial charge in [-0.1, -0.05) is 37.3 Å². The summed E-state index contributed by atoms with van der Waals surface area (Å²) in [5, 5.41) is 4.30. The van der Waals surface area contributed by atoms with Crippen molar-refractivity contribution in [2.24, 2.45) is 0 Å². The molecule has 0 unspecified atom stereocenters. The molecular weight excluding hydrogens is 347 g/mol. The van der Waals surface area contributed by atoms with Crippen LogP contribution in [-0.4, -0.2) is 21.6 Å². The summed E-state index contributed by atoms with van der Waals surface area (Å²) < 4.78 is 14.7. The molecule has 3 rings (SSSR count). The van der Waals surface area contributed by atoms with E-state index in [4.69, 9.17) is 0 Å². The van der Waals surface area contributed by atoms with E-state index in [0.29, 0.717) is 18.5 Å². The number of amides is 2. The van der Waals surface area contributed by atoms with Crippen LogP contribution in [0.1, 0.15) is 38.9 Å². The Labute approximate surface area is 156 Å². The van der Waals surface area contributed by atoms with Gasteiger partial charge in [0.15, 0.2) is 0 Å². The zero-order valence-corrected chi connectivity index (χ0v) is 14.8. The van der Waals surface area contributed by atoms with Gasteiger partial charge in [-0.15, -0.1) is 0 Å². The molecule has 0 saturated carbocycles. The van der Waals surface area contributed by atoms with Crippen molar-refractivity contribution >= 4 is 11.8 Å². The predicted molar refractivity (Wildman–Crippen MR) is 98.5 cm³/mol. The van der Waals surface area contributed by atoms with Crippen molar-refractivity contribution in [1.82, 2.24) is 20.6 Å². The lowest BCUT2D eigenvalue weighted by atomic mass is 10.2. The zero-order chi connectivity index (χ0) is 19.2. The van der Waals surface area contributed by atoms with Gasteiger partial charge in [-0.25, -0.2) is 4.39 Å². The second-order valence-corrected chi connectivity index (χ2v) is 5.92. The van der Waals surface area contributed by atoms with Gasteiger partial charge in [0.2, 0.25) is 0 Å². The molecule has 0 aliphatic rings. The Balaban J connectivity index is 1.67. The number of hydrogen-bond donors (Lipinski definition) is 2. The first kappa shape index (κ1) is 18.3. The number of hydrogen-bond acceptors (Lipinski definition) is 3. The Kier molecular flexibility index (Phi) is 5.61. The first-order valence-electron chi connectivity index (χ1n) is 8.53. The van der Waals surface area contributed by atoms with Crippen molar-refractivity contribution in [3.8, 4) is 0 Å². The maximum atomic E-state index is 12.9. The molecule has 0 saturated heterocycles. The SMILES string of the molecule is CCc1c(C(=O)NNC(=O)c2ccc(F)cc2)cnn1Cc1ccccc1. The van der Waals surface area contributed by atoms with E-state index in [1.165, 1.54) is 30.5 Å². The minimum Gasteiger partial charge on any atom is -0.267 e. The van der Waals surface area contributed by atoms with Crippen LogP contribution >= 0.6 is 0 Å². The fourth-order valence-corrected chi connectivity index (χ4v) is 2.72. The first-order chi connectivity index (χ1) is 13.1. The second-order valence-electron chi connectivity index (χ2n) is 5.92. The van der Waals surface area contributed by atoms with Gasteiger partial charge < -0.3 is 0 Å². The third kappa shape index (κ3) is 4.38. The molecule has 27 heavy (non-hydrogen) atoms. The van der Waals surface area contributed by atoms with Crippen molar-refractivity contribution < 1.29 is 14.0 Å². The van der Waals surface area contributed by atoms with Gasteiger partial charge in [-0.2, -0.15) is 5.10 Å². The number of halogens is 1. The van der Waals surface area contributed by atoms with Crippen molar-refractivity contribution in [2.75, 3.05) is 0 Å². The minimum absolute atomic E-state index is 0.243. The number of nitrogens with one attached hydrogen (secondary N) is 2. The van der Waals surface area contributed by atoms with E-state index >= 15 is 0 Å². The number of aromatic nitrogens is 2. The predicted octanol–water partition coefficient (Wildman–Crippen LogP) is 2.71. The van der Waals surface area contributed by atoms with Crippen LogP contribution in [0.2, 0.25) is 0 Å².